The molecular formula is C10H17F2NS. The Hall–Kier alpha value is 0.170. The van der Waals surface area contributed by atoms with Crippen LogP contribution in [0.2, 0.25) is 0 Å². The van der Waals surface area contributed by atoms with Crippen molar-refractivity contribution in [2.24, 2.45) is 0 Å². The lowest BCUT2D eigenvalue weighted by atomic mass is 10.1. The molecule has 4 heteroatoms. The van der Waals surface area contributed by atoms with E-state index in [0.717, 1.165) is 24.3 Å². The van der Waals surface area contributed by atoms with Crippen molar-refractivity contribution in [2.45, 2.75) is 50.1 Å². The Balaban J connectivity index is 1.83. The van der Waals surface area contributed by atoms with Gasteiger partial charge in [-0.3, -0.25) is 0 Å². The number of rotatable bonds is 2. The van der Waals surface area contributed by atoms with E-state index in [1.807, 2.05) is 11.8 Å². The molecule has 0 aromatic heterocycles. The highest BCUT2D eigenvalue weighted by molar-refractivity contribution is 7.99. The van der Waals surface area contributed by atoms with Crippen LogP contribution in [0.15, 0.2) is 0 Å². The summed E-state index contributed by atoms with van der Waals surface area (Å²) in [5, 5.41) is 3.14. The van der Waals surface area contributed by atoms with Gasteiger partial charge in [0, 0.05) is 12.5 Å². The smallest absolute Gasteiger partial charge is 0.263 e. The predicted octanol–water partition coefficient (Wildman–Crippen LogP) is 2.66. The molecule has 1 saturated carbocycles. The van der Waals surface area contributed by atoms with Crippen LogP contribution in [0.4, 0.5) is 8.78 Å². The largest absolute Gasteiger partial charge is 0.306 e. The molecule has 1 unspecified atom stereocenters. The summed E-state index contributed by atoms with van der Waals surface area (Å²) in [6.07, 6.45) is 3.50. The molecule has 0 spiro atoms. The molecule has 1 aliphatic heterocycles. The minimum atomic E-state index is -2.45. The Bertz CT molecular complexity index is 193. The van der Waals surface area contributed by atoms with Gasteiger partial charge in [-0.1, -0.05) is 0 Å². The molecule has 1 atom stereocenters. The Morgan fingerprint density at radius 1 is 1.14 bits per heavy atom. The highest BCUT2D eigenvalue weighted by Crippen LogP contribution is 2.35. The monoisotopic (exact) mass is 221 g/mol. The first-order chi connectivity index (χ1) is 6.68. The average molecular weight is 221 g/mol. The van der Waals surface area contributed by atoms with Crippen molar-refractivity contribution in [1.29, 1.82) is 0 Å². The maximum atomic E-state index is 13.3. The zero-order valence-electron chi connectivity index (χ0n) is 8.27. The van der Waals surface area contributed by atoms with Crippen LogP contribution < -0.4 is 5.32 Å². The fourth-order valence-electron chi connectivity index (χ4n) is 2.28. The molecule has 2 fully saturated rings. The third-order valence-electron chi connectivity index (χ3n) is 3.17. The molecule has 1 saturated heterocycles. The summed E-state index contributed by atoms with van der Waals surface area (Å²) < 4.78 is 26.6. The molecule has 2 aliphatic rings. The summed E-state index contributed by atoms with van der Waals surface area (Å²) in [5.74, 6) is -0.212. The number of halogens is 2. The second-order valence-corrected chi connectivity index (χ2v) is 5.48. The zero-order valence-corrected chi connectivity index (χ0v) is 9.09. The number of alkyl halides is 2. The minimum Gasteiger partial charge on any atom is -0.306 e. The van der Waals surface area contributed by atoms with Crippen LogP contribution in [0.1, 0.15) is 32.1 Å². The molecule has 14 heavy (non-hydrogen) atoms. The van der Waals surface area contributed by atoms with E-state index in [2.05, 4.69) is 5.32 Å². The van der Waals surface area contributed by atoms with E-state index in [9.17, 15) is 8.78 Å². The van der Waals surface area contributed by atoms with E-state index in [1.165, 1.54) is 0 Å². The molecule has 1 N–H and O–H groups in total. The summed E-state index contributed by atoms with van der Waals surface area (Å²) in [6, 6.07) is -0.208. The van der Waals surface area contributed by atoms with Gasteiger partial charge in [0.2, 0.25) is 0 Å². The Morgan fingerprint density at radius 3 is 2.43 bits per heavy atom. The molecule has 1 heterocycles. The van der Waals surface area contributed by atoms with Gasteiger partial charge in [0.25, 0.3) is 5.92 Å². The number of thioether (sulfide) groups is 1. The van der Waals surface area contributed by atoms with Crippen molar-refractivity contribution in [3.05, 3.63) is 0 Å². The Kier molecular flexibility index (Phi) is 3.32. The topological polar surface area (TPSA) is 12.0 Å². The van der Waals surface area contributed by atoms with Crippen LogP contribution >= 0.6 is 11.8 Å². The van der Waals surface area contributed by atoms with Gasteiger partial charge in [-0.2, -0.15) is 11.8 Å². The number of nitrogens with one attached hydrogen (secondary N) is 1. The van der Waals surface area contributed by atoms with E-state index < -0.39 is 12.0 Å². The first kappa shape index (κ1) is 10.7. The third-order valence-corrected chi connectivity index (χ3v) is 4.22. The second-order valence-electron chi connectivity index (χ2n) is 4.26. The van der Waals surface area contributed by atoms with Gasteiger partial charge in [-0.05, 0) is 37.2 Å². The zero-order chi connectivity index (χ0) is 10.0. The van der Waals surface area contributed by atoms with Crippen molar-refractivity contribution in [1.82, 2.24) is 5.32 Å². The summed E-state index contributed by atoms with van der Waals surface area (Å²) >= 11 is 1.93. The molecule has 1 nitrogen and oxygen atoms in total. The highest BCUT2D eigenvalue weighted by Gasteiger charge is 2.44. The molecule has 0 bridgehead atoms. The third kappa shape index (κ3) is 2.40. The fourth-order valence-corrected chi connectivity index (χ4v) is 3.39. The lowest BCUT2D eigenvalue weighted by molar-refractivity contribution is -0.0213. The van der Waals surface area contributed by atoms with E-state index in [-0.39, 0.29) is 6.42 Å². The predicted molar refractivity (Wildman–Crippen MR) is 56.1 cm³/mol. The number of hydrogen-bond acceptors (Lipinski definition) is 2. The number of hydrogen-bond donors (Lipinski definition) is 1. The van der Waals surface area contributed by atoms with Crippen LogP contribution in [-0.2, 0) is 0 Å². The maximum Gasteiger partial charge on any atom is 0.263 e. The molecule has 0 amide bonds. The molecule has 1 aliphatic carbocycles. The quantitative estimate of drug-likeness (QED) is 0.769. The van der Waals surface area contributed by atoms with Gasteiger partial charge in [-0.25, -0.2) is 8.78 Å². The van der Waals surface area contributed by atoms with Crippen molar-refractivity contribution < 1.29 is 8.78 Å². The van der Waals surface area contributed by atoms with Crippen LogP contribution in [0.3, 0.4) is 0 Å². The second kappa shape index (κ2) is 4.35. The van der Waals surface area contributed by atoms with Crippen LogP contribution in [0.25, 0.3) is 0 Å². The molecular weight excluding hydrogens is 204 g/mol. The Morgan fingerprint density at radius 2 is 1.86 bits per heavy atom. The molecule has 82 valence electrons. The summed E-state index contributed by atoms with van der Waals surface area (Å²) in [5.41, 5.74) is 0. The average Bonchev–Trinajstić information content (AvgIpc) is 2.48. The minimum absolute atomic E-state index is 0.0755. The van der Waals surface area contributed by atoms with Gasteiger partial charge in [0.1, 0.15) is 0 Å². The van der Waals surface area contributed by atoms with Crippen LogP contribution in [-0.4, -0.2) is 29.5 Å². The normalized spacial score (nSPS) is 33.4. The summed E-state index contributed by atoms with van der Waals surface area (Å²) in [7, 11) is 0. The summed E-state index contributed by atoms with van der Waals surface area (Å²) in [6.45, 7) is 0. The van der Waals surface area contributed by atoms with Crippen molar-refractivity contribution in [3.63, 3.8) is 0 Å². The lowest BCUT2D eigenvalue weighted by Crippen LogP contribution is -2.47. The summed E-state index contributed by atoms with van der Waals surface area (Å²) in [4.78, 5) is 0. The standard InChI is InChI=1S/C10H17F2NS/c11-10(12)5-1-2-9(10)13-8-3-6-14-7-4-8/h8-9,13H,1-7H2. The SMILES string of the molecule is FC1(F)CCCC1NC1CCSCC1. The molecule has 0 aromatic rings. The van der Waals surface area contributed by atoms with Crippen LogP contribution in [0, 0.1) is 0 Å². The van der Waals surface area contributed by atoms with E-state index >= 15 is 0 Å². The first-order valence-corrected chi connectivity index (χ1v) is 6.55. The maximum absolute atomic E-state index is 13.3. The Labute approximate surface area is 88.0 Å². The van der Waals surface area contributed by atoms with Crippen LogP contribution in [0.5, 0.6) is 0 Å². The van der Waals surface area contributed by atoms with Gasteiger partial charge in [0.15, 0.2) is 0 Å². The molecule has 0 aromatic carbocycles. The highest BCUT2D eigenvalue weighted by atomic mass is 32.2. The lowest BCUT2D eigenvalue weighted by Gasteiger charge is -2.29. The van der Waals surface area contributed by atoms with E-state index in [4.69, 9.17) is 0 Å². The van der Waals surface area contributed by atoms with Gasteiger partial charge >= 0.3 is 0 Å². The fraction of sp³-hybridized carbons (Fsp3) is 1.00. The van der Waals surface area contributed by atoms with Gasteiger partial charge < -0.3 is 5.32 Å². The van der Waals surface area contributed by atoms with E-state index in [1.54, 1.807) is 0 Å². The van der Waals surface area contributed by atoms with Gasteiger partial charge in [-0.15, -0.1) is 0 Å². The molecule has 0 radical (unpaired) electrons. The van der Waals surface area contributed by atoms with E-state index in [0.29, 0.717) is 18.9 Å². The molecule has 2 rings (SSSR count). The van der Waals surface area contributed by atoms with Crippen molar-refractivity contribution in [2.75, 3.05) is 11.5 Å². The van der Waals surface area contributed by atoms with Crippen molar-refractivity contribution in [3.8, 4) is 0 Å². The first-order valence-electron chi connectivity index (χ1n) is 5.40. The van der Waals surface area contributed by atoms with Crippen molar-refractivity contribution >= 4 is 11.8 Å². The van der Waals surface area contributed by atoms with Gasteiger partial charge in [0.05, 0.1) is 6.04 Å².